The maximum absolute atomic E-state index is 13.1. The molecule has 3 aromatic rings. The van der Waals surface area contributed by atoms with Crippen LogP contribution in [0.2, 0.25) is 5.02 Å². The van der Waals surface area contributed by atoms with Gasteiger partial charge in [0.15, 0.2) is 0 Å². The Bertz CT molecular complexity index is 1240. The maximum atomic E-state index is 13.1. The number of hydrogen-bond acceptors (Lipinski definition) is 7. The Morgan fingerprint density at radius 2 is 1.97 bits per heavy atom. The van der Waals surface area contributed by atoms with Crippen molar-refractivity contribution in [2.45, 2.75) is 31.1 Å². The van der Waals surface area contributed by atoms with E-state index < -0.39 is 15.4 Å². The second-order valence-corrected chi connectivity index (χ2v) is 10.6. The predicted molar refractivity (Wildman–Crippen MR) is 111 cm³/mol. The van der Waals surface area contributed by atoms with Gasteiger partial charge in [0.25, 0.3) is 5.91 Å². The molecular weight excluding hydrogens is 432 g/mol. The van der Waals surface area contributed by atoms with Crippen molar-refractivity contribution in [1.82, 2.24) is 19.9 Å². The van der Waals surface area contributed by atoms with Crippen LogP contribution in [0.25, 0.3) is 10.7 Å². The largest absolute Gasteiger partial charge is 0.323 e. The van der Waals surface area contributed by atoms with Crippen LogP contribution >= 0.6 is 22.9 Å². The minimum atomic E-state index is -3.54. The molecule has 0 saturated heterocycles. The molecule has 10 heteroatoms. The first kappa shape index (κ1) is 19.9. The molecule has 4 rings (SSSR count). The molecule has 0 aliphatic carbocycles. The van der Waals surface area contributed by atoms with E-state index in [9.17, 15) is 13.2 Å². The smallest absolute Gasteiger partial charge is 0.274 e. The molecule has 0 fully saturated rings. The van der Waals surface area contributed by atoms with Crippen LogP contribution in [0.4, 0.5) is 0 Å². The van der Waals surface area contributed by atoms with Crippen molar-refractivity contribution in [3.8, 4) is 10.7 Å². The summed E-state index contributed by atoms with van der Waals surface area (Å²) in [4.78, 5) is 28.1. The summed E-state index contributed by atoms with van der Waals surface area (Å²) in [5, 5.41) is 0.845. The van der Waals surface area contributed by atoms with E-state index in [1.165, 1.54) is 17.5 Å². The van der Waals surface area contributed by atoms with Crippen LogP contribution in [0.5, 0.6) is 0 Å². The van der Waals surface area contributed by atoms with E-state index in [2.05, 4.69) is 15.0 Å². The molecule has 1 aliphatic heterocycles. The highest BCUT2D eigenvalue weighted by Gasteiger charge is 2.46. The summed E-state index contributed by atoms with van der Waals surface area (Å²) in [5.74, 6) is -0.176. The van der Waals surface area contributed by atoms with Crippen molar-refractivity contribution in [2.24, 2.45) is 0 Å². The Kier molecular flexibility index (Phi) is 4.71. The quantitative estimate of drug-likeness (QED) is 0.566. The van der Waals surface area contributed by atoms with Gasteiger partial charge in [-0.3, -0.25) is 4.79 Å². The number of carbonyl (C=O) groups is 1. The molecule has 0 N–H and O–H groups in total. The third-order valence-electron chi connectivity index (χ3n) is 4.72. The van der Waals surface area contributed by atoms with Gasteiger partial charge in [-0.15, -0.1) is 11.3 Å². The van der Waals surface area contributed by atoms with Gasteiger partial charge in [0, 0.05) is 24.0 Å². The molecule has 29 heavy (non-hydrogen) atoms. The SMILES string of the molecule is CC1(C)c2sc(-c3ccnc(S(C)(=O)=O)n3)nc2C(=O)N1Cc1cccc(Cl)c1. The van der Waals surface area contributed by atoms with Gasteiger partial charge in [0.2, 0.25) is 15.0 Å². The summed E-state index contributed by atoms with van der Waals surface area (Å²) < 4.78 is 23.5. The third kappa shape index (κ3) is 3.54. The Morgan fingerprint density at radius 3 is 2.62 bits per heavy atom. The van der Waals surface area contributed by atoms with Crippen molar-refractivity contribution in [2.75, 3.05) is 6.26 Å². The van der Waals surface area contributed by atoms with Crippen LogP contribution in [0.1, 0.15) is 34.8 Å². The second-order valence-electron chi connectivity index (χ2n) is 7.27. The van der Waals surface area contributed by atoms with Gasteiger partial charge < -0.3 is 4.90 Å². The number of halogens is 1. The zero-order chi connectivity index (χ0) is 21.0. The molecule has 7 nitrogen and oxygen atoms in total. The summed E-state index contributed by atoms with van der Waals surface area (Å²) in [6, 6.07) is 8.99. The number of carbonyl (C=O) groups excluding carboxylic acids is 1. The number of fused-ring (bicyclic) bond motifs is 1. The number of nitrogens with zero attached hydrogens (tertiary/aromatic N) is 4. The Morgan fingerprint density at radius 1 is 1.21 bits per heavy atom. The number of thiazole rings is 1. The molecule has 150 valence electrons. The molecule has 0 saturated carbocycles. The number of sulfone groups is 1. The van der Waals surface area contributed by atoms with Gasteiger partial charge in [0.05, 0.1) is 10.4 Å². The van der Waals surface area contributed by atoms with Crippen LogP contribution < -0.4 is 0 Å². The molecule has 1 aromatic carbocycles. The lowest BCUT2D eigenvalue weighted by molar-refractivity contribution is 0.0595. The van der Waals surface area contributed by atoms with Gasteiger partial charge in [-0.2, -0.15) is 0 Å². The van der Waals surface area contributed by atoms with Crippen LogP contribution in [-0.4, -0.2) is 40.4 Å². The molecule has 0 bridgehead atoms. The predicted octanol–water partition coefficient (Wildman–Crippen LogP) is 3.55. The minimum absolute atomic E-state index is 0.176. The highest BCUT2D eigenvalue weighted by molar-refractivity contribution is 7.90. The lowest BCUT2D eigenvalue weighted by Gasteiger charge is -2.32. The van der Waals surface area contributed by atoms with Gasteiger partial charge >= 0.3 is 0 Å². The second kappa shape index (κ2) is 6.86. The summed E-state index contributed by atoms with van der Waals surface area (Å²) in [6.45, 7) is 4.34. The number of amides is 1. The molecule has 1 aliphatic rings. The Balaban J connectivity index is 1.70. The van der Waals surface area contributed by atoms with E-state index >= 15 is 0 Å². The summed E-state index contributed by atoms with van der Waals surface area (Å²) in [7, 11) is -3.54. The summed E-state index contributed by atoms with van der Waals surface area (Å²) in [5.41, 5.74) is 1.11. The van der Waals surface area contributed by atoms with E-state index in [0.717, 1.165) is 16.7 Å². The van der Waals surface area contributed by atoms with Gasteiger partial charge in [0.1, 0.15) is 16.4 Å². The first-order valence-electron chi connectivity index (χ1n) is 8.68. The van der Waals surface area contributed by atoms with E-state index in [1.807, 2.05) is 32.0 Å². The normalized spacial score (nSPS) is 15.6. The molecule has 0 radical (unpaired) electrons. The maximum Gasteiger partial charge on any atom is 0.274 e. The lowest BCUT2D eigenvalue weighted by Crippen LogP contribution is -2.38. The Labute approximate surface area is 177 Å². The minimum Gasteiger partial charge on any atom is -0.323 e. The first-order valence-corrected chi connectivity index (χ1v) is 11.8. The van der Waals surface area contributed by atoms with Gasteiger partial charge in [-0.25, -0.2) is 23.4 Å². The van der Waals surface area contributed by atoms with Crippen molar-refractivity contribution in [1.29, 1.82) is 0 Å². The van der Waals surface area contributed by atoms with Crippen molar-refractivity contribution < 1.29 is 13.2 Å². The average molecular weight is 449 g/mol. The lowest BCUT2D eigenvalue weighted by atomic mass is 10.0. The van der Waals surface area contributed by atoms with E-state index in [4.69, 9.17) is 11.6 Å². The fourth-order valence-corrected chi connectivity index (χ4v) is 5.09. The Hall–Kier alpha value is -2.36. The van der Waals surface area contributed by atoms with Crippen LogP contribution in [0, 0.1) is 0 Å². The fourth-order valence-electron chi connectivity index (χ4n) is 3.22. The topological polar surface area (TPSA) is 93.1 Å². The zero-order valence-electron chi connectivity index (χ0n) is 15.9. The van der Waals surface area contributed by atoms with Crippen LogP contribution in [0.15, 0.2) is 41.7 Å². The van der Waals surface area contributed by atoms with Crippen molar-refractivity contribution in [3.63, 3.8) is 0 Å². The molecule has 2 aromatic heterocycles. The van der Waals surface area contributed by atoms with Crippen molar-refractivity contribution >= 4 is 38.7 Å². The van der Waals surface area contributed by atoms with E-state index in [0.29, 0.717) is 28.0 Å². The van der Waals surface area contributed by atoms with Crippen LogP contribution in [-0.2, 0) is 21.9 Å². The average Bonchev–Trinajstić information content (AvgIpc) is 3.17. The zero-order valence-corrected chi connectivity index (χ0v) is 18.3. The molecule has 1 amide bonds. The third-order valence-corrected chi connectivity index (χ3v) is 7.21. The highest BCUT2D eigenvalue weighted by Crippen LogP contribution is 2.44. The first-order chi connectivity index (χ1) is 13.6. The fraction of sp³-hybridized carbons (Fsp3) is 0.263. The number of hydrogen-bond donors (Lipinski definition) is 0. The van der Waals surface area contributed by atoms with Crippen molar-refractivity contribution in [3.05, 3.63) is 57.7 Å². The van der Waals surface area contributed by atoms with Gasteiger partial charge in [-0.1, -0.05) is 23.7 Å². The molecule has 0 atom stereocenters. The van der Waals surface area contributed by atoms with E-state index in [-0.39, 0.29) is 11.1 Å². The molecule has 3 heterocycles. The van der Waals surface area contributed by atoms with Gasteiger partial charge in [-0.05, 0) is 37.6 Å². The number of benzene rings is 1. The summed E-state index contributed by atoms with van der Waals surface area (Å²) in [6.07, 6.45) is 2.43. The monoisotopic (exact) mass is 448 g/mol. The molecule has 0 unspecified atom stereocenters. The van der Waals surface area contributed by atoms with E-state index in [1.54, 1.807) is 17.0 Å². The number of rotatable bonds is 4. The molecule has 0 spiro atoms. The number of aromatic nitrogens is 3. The standard InChI is InChI=1S/C19H17ClN4O3S2/c1-19(2)15-14(17(25)24(19)10-11-5-4-6-12(20)9-11)23-16(28-15)13-7-8-21-18(22-13)29(3,26)27/h4-9H,10H2,1-3H3. The summed E-state index contributed by atoms with van der Waals surface area (Å²) >= 11 is 7.41. The highest BCUT2D eigenvalue weighted by atomic mass is 35.5. The van der Waals surface area contributed by atoms with Crippen LogP contribution in [0.3, 0.4) is 0 Å². The molecular formula is C19H17ClN4O3S2.